The first-order valence-electron chi connectivity index (χ1n) is 6.74. The molecule has 3 rings (SSSR count). The van der Waals surface area contributed by atoms with Crippen molar-refractivity contribution in [2.75, 3.05) is 0 Å². The van der Waals surface area contributed by atoms with Crippen LogP contribution in [-0.4, -0.2) is 16.0 Å². The molecule has 3 aromatic rings. The van der Waals surface area contributed by atoms with Gasteiger partial charge in [-0.3, -0.25) is 0 Å². The van der Waals surface area contributed by atoms with E-state index < -0.39 is 12.2 Å². The minimum absolute atomic E-state index is 0.0231. The number of alkyl halides is 3. The lowest BCUT2D eigenvalue weighted by atomic mass is 10.2. The number of aromatic nitrogens is 1. The summed E-state index contributed by atoms with van der Waals surface area (Å²) in [5.74, 6) is -0.743. The van der Waals surface area contributed by atoms with Gasteiger partial charge in [0.05, 0.1) is 11.9 Å². The molecule has 0 bridgehead atoms. The van der Waals surface area contributed by atoms with Crippen molar-refractivity contribution < 1.29 is 27.4 Å². The van der Waals surface area contributed by atoms with E-state index in [4.69, 9.17) is 0 Å². The van der Waals surface area contributed by atoms with Crippen molar-refractivity contribution in [1.29, 1.82) is 0 Å². The van der Waals surface area contributed by atoms with Gasteiger partial charge in [-0.15, -0.1) is 13.2 Å². The molecule has 0 atom stereocenters. The summed E-state index contributed by atoms with van der Waals surface area (Å²) in [5, 5.41) is 11.4. The summed E-state index contributed by atoms with van der Waals surface area (Å²) in [4.78, 5) is 0. The molecule has 126 valence electrons. The Balaban J connectivity index is 1.87. The van der Waals surface area contributed by atoms with Crippen molar-refractivity contribution in [3.05, 3.63) is 57.5 Å². The normalized spacial score (nSPS) is 11.9. The average Bonchev–Trinajstić information content (AvgIpc) is 2.76. The van der Waals surface area contributed by atoms with Gasteiger partial charge in [-0.05, 0) is 52.4 Å². The number of aromatic hydroxyl groups is 1. The monoisotopic (exact) mass is 451 g/mol. The van der Waals surface area contributed by atoms with Gasteiger partial charge >= 0.3 is 6.36 Å². The van der Waals surface area contributed by atoms with Crippen LogP contribution >= 0.6 is 22.6 Å². The summed E-state index contributed by atoms with van der Waals surface area (Å²) in [6.07, 6.45) is -3.14. The van der Waals surface area contributed by atoms with Crippen LogP contribution in [0.1, 0.15) is 5.56 Å². The van der Waals surface area contributed by atoms with Crippen LogP contribution in [-0.2, 0) is 6.54 Å². The first kappa shape index (κ1) is 16.9. The first-order valence-corrected chi connectivity index (χ1v) is 7.82. The van der Waals surface area contributed by atoms with Crippen LogP contribution in [0.3, 0.4) is 0 Å². The van der Waals surface area contributed by atoms with Crippen LogP contribution < -0.4 is 4.74 Å². The number of nitrogens with zero attached hydrogens (tertiary/aromatic N) is 1. The molecule has 2 aromatic carbocycles. The number of fused-ring (bicyclic) bond motifs is 1. The van der Waals surface area contributed by atoms with Crippen LogP contribution in [0.25, 0.3) is 10.8 Å². The van der Waals surface area contributed by atoms with Crippen LogP contribution in [0.15, 0.2) is 42.6 Å². The quantitative estimate of drug-likeness (QED) is 0.448. The molecule has 0 saturated heterocycles. The second-order valence-electron chi connectivity index (χ2n) is 5.12. The van der Waals surface area contributed by atoms with E-state index in [2.05, 4.69) is 4.74 Å². The maximum Gasteiger partial charge on any atom is 0.573 e. The Morgan fingerprint density at radius 1 is 1.12 bits per heavy atom. The summed E-state index contributed by atoms with van der Waals surface area (Å²) >= 11 is 1.93. The summed E-state index contributed by atoms with van der Waals surface area (Å²) in [5.41, 5.74) is 0.663. The van der Waals surface area contributed by atoms with Gasteiger partial charge in [0.1, 0.15) is 11.6 Å². The molecular formula is C16H10F4INO2. The number of ether oxygens (including phenoxy) is 1. The van der Waals surface area contributed by atoms with E-state index in [0.29, 0.717) is 19.9 Å². The molecule has 0 radical (unpaired) electrons. The lowest BCUT2D eigenvalue weighted by Crippen LogP contribution is -2.17. The second-order valence-corrected chi connectivity index (χ2v) is 6.29. The average molecular weight is 451 g/mol. The van der Waals surface area contributed by atoms with Crippen LogP contribution in [0.2, 0.25) is 0 Å². The predicted molar refractivity (Wildman–Crippen MR) is 88.5 cm³/mol. The fourth-order valence-corrected chi connectivity index (χ4v) is 3.27. The Bertz CT molecular complexity index is 888. The molecule has 0 spiro atoms. The van der Waals surface area contributed by atoms with E-state index in [9.17, 15) is 22.7 Å². The minimum atomic E-state index is -4.74. The fourth-order valence-electron chi connectivity index (χ4n) is 2.42. The van der Waals surface area contributed by atoms with Gasteiger partial charge in [0, 0.05) is 15.2 Å². The summed E-state index contributed by atoms with van der Waals surface area (Å²) in [6.45, 7) is 0.227. The molecule has 1 heterocycles. The number of rotatable bonds is 3. The van der Waals surface area contributed by atoms with Crippen molar-refractivity contribution in [3.8, 4) is 11.6 Å². The fraction of sp³-hybridized carbons (Fsp3) is 0.125. The van der Waals surface area contributed by atoms with E-state index in [-0.39, 0.29) is 18.2 Å². The van der Waals surface area contributed by atoms with Gasteiger partial charge < -0.3 is 14.4 Å². The van der Waals surface area contributed by atoms with Crippen molar-refractivity contribution in [1.82, 2.24) is 4.57 Å². The number of halogens is 5. The van der Waals surface area contributed by atoms with Gasteiger partial charge in [0.2, 0.25) is 0 Å². The molecule has 24 heavy (non-hydrogen) atoms. The van der Waals surface area contributed by atoms with Gasteiger partial charge in [-0.25, -0.2) is 4.39 Å². The van der Waals surface area contributed by atoms with Crippen LogP contribution in [0.4, 0.5) is 17.6 Å². The third kappa shape index (κ3) is 3.58. The maximum atomic E-state index is 13.4. The molecule has 1 aromatic heterocycles. The second kappa shape index (κ2) is 6.15. The van der Waals surface area contributed by atoms with E-state index in [1.165, 1.54) is 41.0 Å². The molecule has 0 aliphatic rings. The molecule has 1 N–H and O–H groups in total. The number of benzene rings is 2. The molecule has 0 saturated carbocycles. The van der Waals surface area contributed by atoms with Crippen molar-refractivity contribution in [2.45, 2.75) is 12.9 Å². The maximum absolute atomic E-state index is 13.4. The van der Waals surface area contributed by atoms with Crippen molar-refractivity contribution in [2.24, 2.45) is 0 Å². The highest BCUT2D eigenvalue weighted by Gasteiger charge is 2.30. The summed E-state index contributed by atoms with van der Waals surface area (Å²) in [7, 11) is 0. The van der Waals surface area contributed by atoms with E-state index in [1.54, 1.807) is 6.20 Å². The zero-order chi connectivity index (χ0) is 17.5. The molecule has 0 aliphatic carbocycles. The Labute approximate surface area is 147 Å². The first-order chi connectivity index (χ1) is 11.2. The highest BCUT2D eigenvalue weighted by molar-refractivity contribution is 14.1. The van der Waals surface area contributed by atoms with Gasteiger partial charge in [-0.1, -0.05) is 12.1 Å². The van der Waals surface area contributed by atoms with Gasteiger partial charge in [0.15, 0.2) is 5.88 Å². The van der Waals surface area contributed by atoms with Crippen LogP contribution in [0, 0.1) is 9.39 Å². The summed E-state index contributed by atoms with van der Waals surface area (Å²) in [6, 6.07) is 7.97. The Hall–Kier alpha value is -1.97. The van der Waals surface area contributed by atoms with Crippen LogP contribution in [0.5, 0.6) is 11.6 Å². The van der Waals surface area contributed by atoms with E-state index in [1.807, 2.05) is 22.6 Å². The summed E-state index contributed by atoms with van der Waals surface area (Å²) < 4.78 is 55.8. The molecule has 3 nitrogen and oxygen atoms in total. The molecule has 0 aliphatic heterocycles. The van der Waals surface area contributed by atoms with E-state index in [0.717, 1.165) is 0 Å². The van der Waals surface area contributed by atoms with Gasteiger partial charge in [-0.2, -0.15) is 0 Å². The Morgan fingerprint density at radius 2 is 1.79 bits per heavy atom. The van der Waals surface area contributed by atoms with Crippen molar-refractivity contribution >= 4 is 33.4 Å². The number of hydrogen-bond acceptors (Lipinski definition) is 2. The standard InChI is InChI=1S/C16H10F4INO2/c17-11-5-10-8-22(15(23)14(10)13(21)6-11)7-9-1-3-12(4-2-9)24-16(18,19)20/h1-6,8,23H,7H2. The van der Waals surface area contributed by atoms with Crippen molar-refractivity contribution in [3.63, 3.8) is 0 Å². The molecular weight excluding hydrogens is 441 g/mol. The molecule has 0 fully saturated rings. The topological polar surface area (TPSA) is 34.4 Å². The van der Waals surface area contributed by atoms with E-state index >= 15 is 0 Å². The SMILES string of the molecule is Oc1c2c(I)cc(F)cc2cn1Cc1ccc(OC(F)(F)F)cc1. The largest absolute Gasteiger partial charge is 0.573 e. The zero-order valence-corrected chi connectivity index (χ0v) is 14.1. The highest BCUT2D eigenvalue weighted by Crippen LogP contribution is 2.33. The highest BCUT2D eigenvalue weighted by atomic mass is 127. The Morgan fingerprint density at radius 3 is 2.42 bits per heavy atom. The zero-order valence-electron chi connectivity index (χ0n) is 11.9. The predicted octanol–water partition coefficient (Wildman–Crippen LogP) is 5.04. The third-order valence-electron chi connectivity index (χ3n) is 3.39. The minimum Gasteiger partial charge on any atom is -0.494 e. The smallest absolute Gasteiger partial charge is 0.494 e. The molecule has 0 unspecified atom stereocenters. The Kier molecular flexibility index (Phi) is 4.33. The lowest BCUT2D eigenvalue weighted by Gasteiger charge is -2.10. The van der Waals surface area contributed by atoms with Gasteiger partial charge in [0.25, 0.3) is 0 Å². The molecule has 8 heteroatoms. The number of hydrogen-bond donors (Lipinski definition) is 1. The lowest BCUT2D eigenvalue weighted by molar-refractivity contribution is -0.274. The molecule has 0 amide bonds. The third-order valence-corrected chi connectivity index (χ3v) is 4.24.